The number of hydrogen-bond donors (Lipinski definition) is 0. The van der Waals surface area contributed by atoms with Crippen molar-refractivity contribution in [2.45, 2.75) is 39.3 Å². The van der Waals surface area contributed by atoms with E-state index >= 15 is 0 Å². The molecule has 8 heteroatoms. The lowest BCUT2D eigenvalue weighted by Gasteiger charge is -2.40. The molecule has 2 amide bonds. The predicted molar refractivity (Wildman–Crippen MR) is 102 cm³/mol. The number of piperazine rings is 1. The van der Waals surface area contributed by atoms with Crippen molar-refractivity contribution < 1.29 is 18.7 Å². The molecule has 0 N–H and O–H groups in total. The Morgan fingerprint density at radius 2 is 1.96 bits per heavy atom. The van der Waals surface area contributed by atoms with Crippen molar-refractivity contribution >= 4 is 46.2 Å². The minimum absolute atomic E-state index is 0.0881. The molecule has 138 valence electrons. The van der Waals surface area contributed by atoms with Crippen molar-refractivity contribution in [3.8, 4) is 0 Å². The number of halogens is 3. The van der Waals surface area contributed by atoms with Gasteiger partial charge in [-0.25, -0.2) is 9.18 Å². The first-order valence-electron chi connectivity index (χ1n) is 7.93. The van der Waals surface area contributed by atoms with E-state index < -0.39 is 11.4 Å². The molecule has 1 aliphatic heterocycles. The van der Waals surface area contributed by atoms with E-state index in [0.29, 0.717) is 23.2 Å². The molecule has 0 aromatic heterocycles. The lowest BCUT2D eigenvalue weighted by atomic mass is 10.1. The van der Waals surface area contributed by atoms with Crippen LogP contribution in [0, 0.1) is 9.39 Å². The van der Waals surface area contributed by atoms with Gasteiger partial charge in [-0.3, -0.25) is 4.79 Å². The van der Waals surface area contributed by atoms with Crippen molar-refractivity contribution in [1.82, 2.24) is 9.80 Å². The molecule has 0 aliphatic carbocycles. The van der Waals surface area contributed by atoms with Crippen molar-refractivity contribution in [1.29, 1.82) is 0 Å². The molecule has 0 saturated carbocycles. The molecule has 0 bridgehead atoms. The zero-order valence-electron chi connectivity index (χ0n) is 14.6. The Bertz CT molecular complexity index is 693. The van der Waals surface area contributed by atoms with Crippen molar-refractivity contribution in [3.05, 3.63) is 32.1 Å². The standard InChI is InChI=1S/C17H21ClFIN2O3/c1-10-9-21(5-6-22(10)16(24)25-17(2,3)4)15(23)11-7-14(20)13(19)8-12(11)18/h7-8,10H,5-6,9H2,1-4H3. The number of carbonyl (C=O) groups excluding carboxylic acids is 2. The highest BCUT2D eigenvalue weighted by Crippen LogP contribution is 2.25. The van der Waals surface area contributed by atoms with Gasteiger partial charge in [0.2, 0.25) is 0 Å². The molecule has 1 aromatic rings. The molecule has 1 saturated heterocycles. The van der Waals surface area contributed by atoms with Crippen molar-refractivity contribution in [2.24, 2.45) is 0 Å². The topological polar surface area (TPSA) is 49.9 Å². The van der Waals surface area contributed by atoms with Crippen LogP contribution in [0.2, 0.25) is 5.02 Å². The van der Waals surface area contributed by atoms with E-state index in [2.05, 4.69) is 0 Å². The molecule has 25 heavy (non-hydrogen) atoms. The molecular weight excluding hydrogens is 462 g/mol. The number of benzene rings is 1. The molecular formula is C17H21ClFIN2O3. The fourth-order valence-corrected chi connectivity index (χ4v) is 3.29. The van der Waals surface area contributed by atoms with Gasteiger partial charge in [0.1, 0.15) is 11.4 Å². The number of amides is 2. The summed E-state index contributed by atoms with van der Waals surface area (Å²) in [6.45, 7) is 8.40. The van der Waals surface area contributed by atoms with E-state index in [4.69, 9.17) is 16.3 Å². The van der Waals surface area contributed by atoms with Crippen LogP contribution in [0.3, 0.4) is 0 Å². The molecule has 0 radical (unpaired) electrons. The zero-order chi connectivity index (χ0) is 18.9. The fourth-order valence-electron chi connectivity index (χ4n) is 2.59. The van der Waals surface area contributed by atoms with Crippen LogP contribution in [0.4, 0.5) is 9.18 Å². The van der Waals surface area contributed by atoms with E-state index in [1.165, 1.54) is 6.07 Å². The maximum absolute atomic E-state index is 13.5. The lowest BCUT2D eigenvalue weighted by Crippen LogP contribution is -2.56. The van der Waals surface area contributed by atoms with E-state index in [9.17, 15) is 14.0 Å². The number of hydrogen-bond acceptors (Lipinski definition) is 3. The molecule has 5 nitrogen and oxygen atoms in total. The average molecular weight is 483 g/mol. The minimum Gasteiger partial charge on any atom is -0.444 e. The second-order valence-electron chi connectivity index (χ2n) is 7.02. The van der Waals surface area contributed by atoms with Crippen LogP contribution in [0.15, 0.2) is 12.1 Å². The van der Waals surface area contributed by atoms with Crippen LogP contribution in [-0.4, -0.2) is 53.1 Å². The average Bonchev–Trinajstić information content (AvgIpc) is 2.48. The Kier molecular flexibility index (Phi) is 6.19. The van der Waals surface area contributed by atoms with Gasteiger partial charge in [-0.1, -0.05) is 11.6 Å². The molecule has 1 aliphatic rings. The van der Waals surface area contributed by atoms with E-state index in [0.717, 1.165) is 6.07 Å². The van der Waals surface area contributed by atoms with Gasteiger partial charge < -0.3 is 14.5 Å². The maximum atomic E-state index is 13.5. The van der Waals surface area contributed by atoms with Crippen LogP contribution in [0.5, 0.6) is 0 Å². The predicted octanol–water partition coefficient (Wildman–Crippen LogP) is 4.17. The monoisotopic (exact) mass is 482 g/mol. The summed E-state index contributed by atoms with van der Waals surface area (Å²) in [4.78, 5) is 28.2. The van der Waals surface area contributed by atoms with Gasteiger partial charge in [0.15, 0.2) is 0 Å². The normalized spacial score (nSPS) is 18.3. The molecule has 1 aromatic carbocycles. The van der Waals surface area contributed by atoms with Crippen LogP contribution < -0.4 is 0 Å². The Balaban J connectivity index is 2.09. The summed E-state index contributed by atoms with van der Waals surface area (Å²) in [6, 6.07) is 2.41. The van der Waals surface area contributed by atoms with Gasteiger partial charge in [-0.2, -0.15) is 0 Å². The third-order valence-corrected chi connectivity index (χ3v) is 4.92. The highest BCUT2D eigenvalue weighted by Gasteiger charge is 2.33. The molecule has 1 heterocycles. The van der Waals surface area contributed by atoms with Crippen LogP contribution in [0.1, 0.15) is 38.1 Å². The summed E-state index contributed by atoms with van der Waals surface area (Å²) in [5.74, 6) is -0.719. The van der Waals surface area contributed by atoms with E-state index in [-0.39, 0.29) is 28.6 Å². The minimum atomic E-state index is -0.567. The Labute approximate surface area is 165 Å². The third-order valence-electron chi connectivity index (χ3n) is 3.78. The lowest BCUT2D eigenvalue weighted by molar-refractivity contribution is 0.00198. The van der Waals surface area contributed by atoms with Gasteiger partial charge in [0.25, 0.3) is 5.91 Å². The first-order valence-corrected chi connectivity index (χ1v) is 9.38. The van der Waals surface area contributed by atoms with Gasteiger partial charge in [0, 0.05) is 29.2 Å². The number of rotatable bonds is 1. The van der Waals surface area contributed by atoms with Gasteiger partial charge in [0.05, 0.1) is 10.6 Å². The third kappa shape index (κ3) is 4.97. The Morgan fingerprint density at radius 1 is 1.32 bits per heavy atom. The van der Waals surface area contributed by atoms with Crippen LogP contribution in [0.25, 0.3) is 0 Å². The Hall–Kier alpha value is -1.09. The van der Waals surface area contributed by atoms with Crippen molar-refractivity contribution in [2.75, 3.05) is 19.6 Å². The van der Waals surface area contributed by atoms with Crippen LogP contribution >= 0.6 is 34.2 Å². The summed E-state index contributed by atoms with van der Waals surface area (Å²) in [5.41, 5.74) is -0.299. The second-order valence-corrected chi connectivity index (χ2v) is 8.59. The van der Waals surface area contributed by atoms with Gasteiger partial charge in [-0.15, -0.1) is 0 Å². The highest BCUT2D eigenvalue weighted by atomic mass is 127. The zero-order valence-corrected chi connectivity index (χ0v) is 17.5. The molecule has 0 spiro atoms. The van der Waals surface area contributed by atoms with Gasteiger partial charge in [-0.05, 0) is 62.4 Å². The summed E-state index contributed by atoms with van der Waals surface area (Å²) in [5, 5.41) is 0.0881. The quantitative estimate of drug-likeness (QED) is 0.446. The molecule has 2 rings (SSSR count). The summed E-state index contributed by atoms with van der Waals surface area (Å²) in [7, 11) is 0. The number of ether oxygens (including phenoxy) is 1. The largest absolute Gasteiger partial charge is 0.444 e. The van der Waals surface area contributed by atoms with E-state index in [1.807, 2.05) is 50.3 Å². The van der Waals surface area contributed by atoms with Gasteiger partial charge >= 0.3 is 6.09 Å². The maximum Gasteiger partial charge on any atom is 0.410 e. The second kappa shape index (κ2) is 7.65. The van der Waals surface area contributed by atoms with Crippen LogP contribution in [-0.2, 0) is 4.74 Å². The van der Waals surface area contributed by atoms with Crippen molar-refractivity contribution in [3.63, 3.8) is 0 Å². The highest BCUT2D eigenvalue weighted by molar-refractivity contribution is 14.1. The molecule has 1 unspecified atom stereocenters. The molecule has 1 fully saturated rings. The SMILES string of the molecule is CC1CN(C(=O)c2cc(I)c(F)cc2Cl)CCN1C(=O)OC(C)(C)C. The smallest absolute Gasteiger partial charge is 0.410 e. The fraction of sp³-hybridized carbons (Fsp3) is 0.529. The Morgan fingerprint density at radius 3 is 2.52 bits per heavy atom. The first kappa shape index (κ1) is 20.2. The van der Waals surface area contributed by atoms with E-state index in [1.54, 1.807) is 9.80 Å². The summed E-state index contributed by atoms with van der Waals surface area (Å²) >= 11 is 7.85. The summed E-state index contributed by atoms with van der Waals surface area (Å²) < 4.78 is 19.3. The molecule has 1 atom stereocenters. The summed E-state index contributed by atoms with van der Waals surface area (Å²) in [6.07, 6.45) is -0.388. The number of nitrogens with zero attached hydrogens (tertiary/aromatic N) is 2. The first-order chi connectivity index (χ1) is 11.5. The number of carbonyl (C=O) groups is 2.